The molecule has 0 radical (unpaired) electrons. The maximum absolute atomic E-state index is 13.0. The van der Waals surface area contributed by atoms with Gasteiger partial charge < -0.3 is 10.1 Å². The van der Waals surface area contributed by atoms with E-state index in [2.05, 4.69) is 5.32 Å². The van der Waals surface area contributed by atoms with Crippen LogP contribution in [0.5, 0.6) is 0 Å². The van der Waals surface area contributed by atoms with Gasteiger partial charge in [0.05, 0.1) is 38.7 Å². The van der Waals surface area contributed by atoms with Gasteiger partial charge in [0.2, 0.25) is 0 Å². The van der Waals surface area contributed by atoms with Crippen LogP contribution in [-0.4, -0.2) is 27.9 Å². The molecule has 194 valence electrons. The highest BCUT2D eigenvalue weighted by molar-refractivity contribution is 6.33. The molecule has 1 aromatic heterocycles. The summed E-state index contributed by atoms with van der Waals surface area (Å²) in [6, 6.07) is 28.1. The Bertz CT molecular complexity index is 1680. The number of para-hydroxylation sites is 1. The van der Waals surface area contributed by atoms with E-state index in [-0.39, 0.29) is 5.56 Å². The van der Waals surface area contributed by atoms with E-state index in [1.165, 1.54) is 6.92 Å². The van der Waals surface area contributed by atoms with E-state index in [1.54, 1.807) is 42.5 Å². The number of rotatable bonds is 6. The number of amides is 1. The Labute approximate surface area is 231 Å². The highest BCUT2D eigenvalue weighted by Crippen LogP contribution is 2.32. The van der Waals surface area contributed by atoms with Gasteiger partial charge in [-0.25, -0.2) is 14.8 Å². The van der Waals surface area contributed by atoms with E-state index >= 15 is 0 Å². The number of benzene rings is 4. The first-order valence-corrected chi connectivity index (χ1v) is 12.9. The van der Waals surface area contributed by atoms with E-state index in [9.17, 15) is 9.59 Å². The Balaban J connectivity index is 1.45. The van der Waals surface area contributed by atoms with E-state index in [4.69, 9.17) is 26.3 Å². The van der Waals surface area contributed by atoms with Crippen molar-refractivity contribution >= 4 is 40.2 Å². The molecule has 6 nitrogen and oxygen atoms in total. The standard InChI is InChI=1S/C32H26ClN3O3/c1-19-8-12-22(13-9-19)29-30(23-14-10-20(2)11-15-23)35-28-18-24(16-17-27(28)34-29)32(38)39-21(3)31(37)36-26-7-5-4-6-25(26)33/h4-18,21H,1-3H3,(H,36,37). The molecule has 1 unspecified atom stereocenters. The molecule has 0 aliphatic carbocycles. The first-order chi connectivity index (χ1) is 18.8. The van der Waals surface area contributed by atoms with Gasteiger partial charge in [-0.05, 0) is 51.1 Å². The fourth-order valence-corrected chi connectivity index (χ4v) is 4.27. The van der Waals surface area contributed by atoms with Gasteiger partial charge in [0.1, 0.15) is 0 Å². The minimum absolute atomic E-state index is 0.270. The van der Waals surface area contributed by atoms with Crippen LogP contribution in [0.1, 0.15) is 28.4 Å². The molecule has 4 aromatic carbocycles. The van der Waals surface area contributed by atoms with Crippen LogP contribution in [0.3, 0.4) is 0 Å². The molecule has 0 spiro atoms. The lowest BCUT2D eigenvalue weighted by atomic mass is 10.0. The SMILES string of the molecule is Cc1ccc(-c2nc3ccc(C(=O)OC(C)C(=O)Nc4ccccc4Cl)cc3nc2-c2ccc(C)cc2)cc1. The first kappa shape index (κ1) is 26.1. The monoisotopic (exact) mass is 535 g/mol. The Hall–Kier alpha value is -4.55. The van der Waals surface area contributed by atoms with Gasteiger partial charge >= 0.3 is 5.97 Å². The van der Waals surface area contributed by atoms with Crippen molar-refractivity contribution in [2.75, 3.05) is 5.32 Å². The third-order valence-corrected chi connectivity index (χ3v) is 6.66. The van der Waals surface area contributed by atoms with Gasteiger partial charge in [0.15, 0.2) is 6.10 Å². The number of nitrogens with zero attached hydrogens (tertiary/aromatic N) is 2. The number of esters is 1. The van der Waals surface area contributed by atoms with Crippen LogP contribution >= 0.6 is 11.6 Å². The number of carbonyl (C=O) groups excluding carboxylic acids is 2. The molecule has 1 amide bonds. The topological polar surface area (TPSA) is 81.2 Å². The van der Waals surface area contributed by atoms with Crippen molar-refractivity contribution in [1.29, 1.82) is 0 Å². The van der Waals surface area contributed by atoms with Crippen molar-refractivity contribution in [2.24, 2.45) is 0 Å². The number of carbonyl (C=O) groups is 2. The zero-order valence-corrected chi connectivity index (χ0v) is 22.5. The number of aryl methyl sites for hydroxylation is 2. The second-order valence-corrected chi connectivity index (χ2v) is 9.78. The minimum atomic E-state index is -1.04. The van der Waals surface area contributed by atoms with E-state index in [0.717, 1.165) is 27.9 Å². The fraction of sp³-hybridized carbons (Fsp3) is 0.125. The van der Waals surface area contributed by atoms with Gasteiger partial charge in [-0.15, -0.1) is 0 Å². The maximum Gasteiger partial charge on any atom is 0.338 e. The number of fused-ring (bicyclic) bond motifs is 1. The highest BCUT2D eigenvalue weighted by Gasteiger charge is 2.21. The second kappa shape index (κ2) is 11.1. The molecule has 0 aliphatic heterocycles. The van der Waals surface area contributed by atoms with E-state index in [1.807, 2.05) is 62.4 Å². The summed E-state index contributed by atoms with van der Waals surface area (Å²) in [6.45, 7) is 5.58. The summed E-state index contributed by atoms with van der Waals surface area (Å²) in [5.74, 6) is -1.12. The molecule has 1 atom stereocenters. The van der Waals surface area contributed by atoms with Crippen LogP contribution in [0.2, 0.25) is 5.02 Å². The molecule has 1 heterocycles. The van der Waals surface area contributed by atoms with Crippen molar-refractivity contribution in [3.05, 3.63) is 113 Å². The number of anilines is 1. The minimum Gasteiger partial charge on any atom is -0.449 e. The quantitative estimate of drug-likeness (QED) is 0.229. The van der Waals surface area contributed by atoms with Gasteiger partial charge in [0.25, 0.3) is 5.91 Å². The van der Waals surface area contributed by atoms with Crippen molar-refractivity contribution in [2.45, 2.75) is 26.9 Å². The number of aromatic nitrogens is 2. The molecule has 0 bridgehead atoms. The molecule has 0 aliphatic rings. The molecule has 0 saturated carbocycles. The molecule has 5 rings (SSSR count). The lowest BCUT2D eigenvalue weighted by Gasteiger charge is -2.15. The number of halogens is 1. The second-order valence-electron chi connectivity index (χ2n) is 9.37. The van der Waals surface area contributed by atoms with Crippen LogP contribution < -0.4 is 5.32 Å². The van der Waals surface area contributed by atoms with Crippen LogP contribution in [0.15, 0.2) is 91.0 Å². The van der Waals surface area contributed by atoms with Gasteiger partial charge in [-0.3, -0.25) is 4.79 Å². The van der Waals surface area contributed by atoms with Crippen LogP contribution in [0.4, 0.5) is 5.69 Å². The summed E-state index contributed by atoms with van der Waals surface area (Å²) in [5.41, 5.74) is 7.54. The molecule has 0 fully saturated rings. The zero-order chi connectivity index (χ0) is 27.5. The average molecular weight is 536 g/mol. The number of ether oxygens (including phenoxy) is 1. The first-order valence-electron chi connectivity index (χ1n) is 12.5. The van der Waals surface area contributed by atoms with Crippen LogP contribution in [0.25, 0.3) is 33.5 Å². The van der Waals surface area contributed by atoms with Crippen molar-refractivity contribution < 1.29 is 14.3 Å². The zero-order valence-electron chi connectivity index (χ0n) is 21.7. The Morgan fingerprint density at radius 3 is 1.92 bits per heavy atom. The molecular weight excluding hydrogens is 510 g/mol. The third kappa shape index (κ3) is 5.81. The summed E-state index contributed by atoms with van der Waals surface area (Å²) in [4.78, 5) is 35.4. The summed E-state index contributed by atoms with van der Waals surface area (Å²) in [5, 5.41) is 3.08. The molecule has 5 aromatic rings. The van der Waals surface area contributed by atoms with Gasteiger partial charge in [-0.2, -0.15) is 0 Å². The molecular formula is C32H26ClN3O3. The molecule has 1 N–H and O–H groups in total. The van der Waals surface area contributed by atoms with Crippen molar-refractivity contribution in [3.8, 4) is 22.5 Å². The van der Waals surface area contributed by atoms with Gasteiger partial charge in [0, 0.05) is 11.1 Å². The van der Waals surface area contributed by atoms with Crippen LogP contribution in [0, 0.1) is 13.8 Å². The Morgan fingerprint density at radius 2 is 1.33 bits per heavy atom. The Morgan fingerprint density at radius 1 is 0.769 bits per heavy atom. The van der Waals surface area contributed by atoms with Crippen LogP contribution in [-0.2, 0) is 9.53 Å². The average Bonchev–Trinajstić information content (AvgIpc) is 2.94. The number of nitrogens with one attached hydrogen (secondary N) is 1. The van der Waals surface area contributed by atoms with E-state index in [0.29, 0.717) is 27.4 Å². The van der Waals surface area contributed by atoms with E-state index < -0.39 is 18.0 Å². The molecule has 0 saturated heterocycles. The fourth-order valence-electron chi connectivity index (χ4n) is 4.09. The number of hydrogen-bond acceptors (Lipinski definition) is 5. The summed E-state index contributed by atoms with van der Waals surface area (Å²) < 4.78 is 5.45. The largest absolute Gasteiger partial charge is 0.449 e. The van der Waals surface area contributed by atoms with Crippen molar-refractivity contribution in [1.82, 2.24) is 9.97 Å². The lowest BCUT2D eigenvalue weighted by Crippen LogP contribution is -2.30. The normalized spacial score (nSPS) is 11.7. The Kier molecular flexibility index (Phi) is 7.39. The molecule has 39 heavy (non-hydrogen) atoms. The predicted octanol–water partition coefficient (Wildman–Crippen LogP) is 7.42. The lowest BCUT2D eigenvalue weighted by molar-refractivity contribution is -0.123. The van der Waals surface area contributed by atoms with Gasteiger partial charge in [-0.1, -0.05) is 83.4 Å². The summed E-state index contributed by atoms with van der Waals surface area (Å²) in [6.07, 6.45) is -1.04. The molecule has 7 heteroatoms. The number of hydrogen-bond donors (Lipinski definition) is 1. The highest BCUT2D eigenvalue weighted by atomic mass is 35.5. The summed E-state index contributed by atoms with van der Waals surface area (Å²) >= 11 is 6.12. The predicted molar refractivity (Wildman–Crippen MR) is 155 cm³/mol. The third-order valence-electron chi connectivity index (χ3n) is 6.33. The smallest absolute Gasteiger partial charge is 0.338 e. The summed E-state index contributed by atoms with van der Waals surface area (Å²) in [7, 11) is 0. The van der Waals surface area contributed by atoms with Crippen molar-refractivity contribution in [3.63, 3.8) is 0 Å². The maximum atomic E-state index is 13.0.